The quantitative estimate of drug-likeness (QED) is 0.508. The minimum absolute atomic E-state index is 0.214. The molecule has 3 aliphatic rings. The molecule has 8 nitrogen and oxygen atoms in total. The van der Waals surface area contributed by atoms with Gasteiger partial charge in [-0.3, -0.25) is 4.90 Å². The highest BCUT2D eigenvalue weighted by Crippen LogP contribution is 2.34. The number of hydrogen-bond acceptors (Lipinski definition) is 7. The van der Waals surface area contributed by atoms with Gasteiger partial charge in [-0.25, -0.2) is 4.98 Å². The molecule has 0 bridgehead atoms. The molecule has 3 fully saturated rings. The summed E-state index contributed by atoms with van der Waals surface area (Å²) < 4.78 is 55.1. The summed E-state index contributed by atoms with van der Waals surface area (Å²) >= 11 is 6.55. The van der Waals surface area contributed by atoms with Crippen LogP contribution in [0, 0.1) is 0 Å². The van der Waals surface area contributed by atoms with E-state index in [4.69, 9.17) is 25.8 Å². The lowest BCUT2D eigenvalue weighted by molar-refractivity contribution is -0.147. The lowest BCUT2D eigenvalue weighted by Gasteiger charge is -2.32. The Kier molecular flexibility index (Phi) is 6.52. The molecule has 3 aliphatic heterocycles. The lowest BCUT2D eigenvalue weighted by atomic mass is 9.89. The molecule has 0 aliphatic carbocycles. The number of rotatable bonds is 5. The van der Waals surface area contributed by atoms with Gasteiger partial charge in [-0.05, 0) is 43.5 Å². The first-order chi connectivity index (χ1) is 17.7. The Bertz CT molecular complexity index is 1260. The van der Waals surface area contributed by atoms with Crippen LogP contribution in [0.1, 0.15) is 24.3 Å². The number of aliphatic hydroxyl groups is 1. The Morgan fingerprint density at radius 1 is 1.08 bits per heavy atom. The molecule has 1 aromatic carbocycles. The summed E-state index contributed by atoms with van der Waals surface area (Å²) in [7, 11) is 0. The summed E-state index contributed by atoms with van der Waals surface area (Å²) in [6.07, 6.45) is -4.60. The second-order valence-electron chi connectivity index (χ2n) is 9.84. The fourth-order valence-electron chi connectivity index (χ4n) is 5.43. The molecular weight excluding hydrogens is 513 g/mol. The number of halogens is 4. The van der Waals surface area contributed by atoms with Crippen LogP contribution in [-0.4, -0.2) is 88.4 Å². The van der Waals surface area contributed by atoms with Crippen LogP contribution in [0.2, 0.25) is 5.02 Å². The molecule has 12 heteroatoms. The van der Waals surface area contributed by atoms with E-state index >= 15 is 0 Å². The number of piperidine rings is 1. The molecule has 2 aromatic heterocycles. The molecule has 6 rings (SSSR count). The third-order valence-corrected chi connectivity index (χ3v) is 7.58. The number of nitrogens with zero attached hydrogens (tertiary/aromatic N) is 3. The predicted molar refractivity (Wildman–Crippen MR) is 129 cm³/mol. The summed E-state index contributed by atoms with van der Waals surface area (Å²) in [4.78, 5) is 13.6. The summed E-state index contributed by atoms with van der Waals surface area (Å²) in [6.45, 7) is 0.515. The number of H-pyrrole nitrogens is 1. The number of aromatic nitrogens is 3. The van der Waals surface area contributed by atoms with Crippen LogP contribution in [0.4, 0.5) is 13.2 Å². The molecule has 0 saturated carbocycles. The van der Waals surface area contributed by atoms with E-state index in [-0.39, 0.29) is 31.2 Å². The van der Waals surface area contributed by atoms with Crippen molar-refractivity contribution in [3.63, 3.8) is 0 Å². The fourth-order valence-corrected chi connectivity index (χ4v) is 5.69. The number of hydrogen-bond donors (Lipinski definition) is 2. The van der Waals surface area contributed by atoms with Gasteiger partial charge in [0, 0.05) is 5.56 Å². The Morgan fingerprint density at radius 2 is 1.81 bits per heavy atom. The Hall–Kier alpha value is -2.44. The average molecular weight is 539 g/mol. The van der Waals surface area contributed by atoms with Gasteiger partial charge < -0.3 is 24.3 Å². The van der Waals surface area contributed by atoms with Crippen molar-refractivity contribution in [1.82, 2.24) is 19.9 Å². The normalized spacial score (nSPS) is 27.2. The van der Waals surface area contributed by atoms with Crippen LogP contribution >= 0.6 is 11.6 Å². The number of pyridine rings is 1. The highest BCUT2D eigenvalue weighted by Gasteiger charge is 2.48. The zero-order valence-electron chi connectivity index (χ0n) is 19.7. The molecule has 198 valence electrons. The van der Waals surface area contributed by atoms with Crippen LogP contribution in [-0.2, 0) is 9.47 Å². The summed E-state index contributed by atoms with van der Waals surface area (Å²) in [5.41, 5.74) is 3.55. The molecule has 0 radical (unpaired) electrons. The molecule has 3 saturated heterocycles. The van der Waals surface area contributed by atoms with E-state index in [9.17, 15) is 18.3 Å². The molecule has 0 spiro atoms. The number of fused-ring (bicyclic) bond motifs is 2. The summed E-state index contributed by atoms with van der Waals surface area (Å²) in [5.74, 6) is 0.222. The Labute approximate surface area is 215 Å². The van der Waals surface area contributed by atoms with Crippen LogP contribution in [0.3, 0.4) is 0 Å². The minimum atomic E-state index is -4.16. The van der Waals surface area contributed by atoms with Crippen molar-refractivity contribution in [3.8, 4) is 17.3 Å². The van der Waals surface area contributed by atoms with Crippen molar-refractivity contribution in [2.45, 2.75) is 49.4 Å². The maximum absolute atomic E-state index is 12.7. The van der Waals surface area contributed by atoms with Crippen LogP contribution in [0.5, 0.6) is 6.01 Å². The van der Waals surface area contributed by atoms with Gasteiger partial charge in [0.2, 0.25) is 0 Å². The maximum atomic E-state index is 12.7. The number of likely N-dealkylation sites (tertiary alicyclic amines) is 1. The number of nitrogens with one attached hydrogen (secondary N) is 1. The molecular formula is C25H26ClF3N4O4. The SMILES string of the molecule is O[C@@H]1CO[C@H]2[C@@H]1OC[C@H]2Oc1nc2nc(-c3ccc(C4CCN(CC(F)(F)F)CC4)cc3)c(Cl)cc2[nH]1. The number of aromatic amines is 1. The predicted octanol–water partition coefficient (Wildman–Crippen LogP) is 3.93. The largest absolute Gasteiger partial charge is 0.456 e. The highest BCUT2D eigenvalue weighted by molar-refractivity contribution is 6.33. The summed E-state index contributed by atoms with van der Waals surface area (Å²) in [5, 5.41) is 10.4. The van der Waals surface area contributed by atoms with Gasteiger partial charge in [0.25, 0.3) is 6.01 Å². The standard InChI is InChI=1S/C25H26ClF3N4O4/c26-16-9-17-23(32-24(30-17)37-19-11-36-21-18(34)10-35-22(19)21)31-20(16)15-3-1-13(2-4-15)14-5-7-33(8-6-14)12-25(27,28)29/h1-4,9,14,18-19,21-22,34H,5-8,10-12H2,(H,30,31,32)/t18-,19-,21-,22-/m1/s1. The first-order valence-electron chi connectivity index (χ1n) is 12.3. The van der Waals surface area contributed by atoms with Gasteiger partial charge >= 0.3 is 6.18 Å². The molecule has 37 heavy (non-hydrogen) atoms. The van der Waals surface area contributed by atoms with Crippen molar-refractivity contribution in [2.75, 3.05) is 32.8 Å². The van der Waals surface area contributed by atoms with Crippen LogP contribution < -0.4 is 4.74 Å². The molecule has 0 amide bonds. The van der Waals surface area contributed by atoms with E-state index in [2.05, 4.69) is 15.0 Å². The highest BCUT2D eigenvalue weighted by atomic mass is 35.5. The fraction of sp³-hybridized carbons (Fsp3) is 0.520. The maximum Gasteiger partial charge on any atom is 0.401 e. The molecule has 3 aromatic rings. The van der Waals surface area contributed by atoms with E-state index < -0.39 is 31.0 Å². The van der Waals surface area contributed by atoms with Crippen LogP contribution in [0.15, 0.2) is 30.3 Å². The topological polar surface area (TPSA) is 92.7 Å². The van der Waals surface area contributed by atoms with Crippen LogP contribution in [0.25, 0.3) is 22.4 Å². The van der Waals surface area contributed by atoms with Crippen molar-refractivity contribution >= 4 is 22.8 Å². The van der Waals surface area contributed by atoms with E-state index in [0.29, 0.717) is 47.8 Å². The van der Waals surface area contributed by atoms with Gasteiger partial charge in [0.1, 0.15) is 18.3 Å². The minimum Gasteiger partial charge on any atom is -0.456 e. The number of ether oxygens (including phenoxy) is 3. The number of aliphatic hydroxyl groups excluding tert-OH is 1. The Morgan fingerprint density at radius 3 is 2.54 bits per heavy atom. The smallest absolute Gasteiger partial charge is 0.401 e. The Balaban J connectivity index is 1.14. The zero-order chi connectivity index (χ0) is 25.7. The van der Waals surface area contributed by atoms with E-state index in [1.54, 1.807) is 6.07 Å². The van der Waals surface area contributed by atoms with E-state index in [0.717, 1.165) is 11.1 Å². The molecule has 5 heterocycles. The van der Waals surface area contributed by atoms with Gasteiger partial charge in [-0.1, -0.05) is 35.9 Å². The van der Waals surface area contributed by atoms with E-state index in [1.807, 2.05) is 24.3 Å². The third kappa shape index (κ3) is 5.15. The van der Waals surface area contributed by atoms with Gasteiger partial charge in [0.05, 0.1) is 36.0 Å². The number of benzene rings is 1. The lowest BCUT2D eigenvalue weighted by Crippen LogP contribution is -2.39. The number of imidazole rings is 1. The van der Waals surface area contributed by atoms with Gasteiger partial charge in [-0.15, -0.1) is 0 Å². The first kappa shape index (κ1) is 24.9. The van der Waals surface area contributed by atoms with Crippen molar-refractivity contribution < 1.29 is 32.5 Å². The average Bonchev–Trinajstić information content (AvgIpc) is 3.55. The molecule has 2 N–H and O–H groups in total. The van der Waals surface area contributed by atoms with Gasteiger partial charge in [-0.2, -0.15) is 18.2 Å². The zero-order valence-corrected chi connectivity index (χ0v) is 20.5. The monoisotopic (exact) mass is 538 g/mol. The second kappa shape index (κ2) is 9.70. The first-order valence-corrected chi connectivity index (χ1v) is 12.6. The summed E-state index contributed by atoms with van der Waals surface area (Å²) in [6, 6.07) is 9.86. The second-order valence-corrected chi connectivity index (χ2v) is 10.2. The molecule has 4 atom stereocenters. The third-order valence-electron chi connectivity index (χ3n) is 7.30. The van der Waals surface area contributed by atoms with Crippen molar-refractivity contribution in [1.29, 1.82) is 0 Å². The van der Waals surface area contributed by atoms with E-state index in [1.165, 1.54) is 4.90 Å². The molecule has 0 unspecified atom stereocenters. The van der Waals surface area contributed by atoms with Gasteiger partial charge in [0.15, 0.2) is 11.8 Å². The van der Waals surface area contributed by atoms with Crippen molar-refractivity contribution in [2.24, 2.45) is 0 Å². The number of alkyl halides is 3. The van der Waals surface area contributed by atoms with Crippen molar-refractivity contribution in [3.05, 3.63) is 40.9 Å².